The van der Waals surface area contributed by atoms with Gasteiger partial charge in [0.15, 0.2) is 0 Å². The van der Waals surface area contributed by atoms with Crippen molar-refractivity contribution in [3.63, 3.8) is 0 Å². The van der Waals surface area contributed by atoms with Gasteiger partial charge in [-0.2, -0.15) is 0 Å². The van der Waals surface area contributed by atoms with Gasteiger partial charge in [-0.25, -0.2) is 0 Å². The highest BCUT2D eigenvalue weighted by molar-refractivity contribution is 4.99. The molecule has 0 radical (unpaired) electrons. The van der Waals surface area contributed by atoms with Gasteiger partial charge in [0, 0.05) is 18.6 Å². The van der Waals surface area contributed by atoms with Gasteiger partial charge in [0.05, 0.1) is 6.10 Å². The third-order valence-electron chi connectivity index (χ3n) is 6.88. The van der Waals surface area contributed by atoms with Crippen LogP contribution < -0.4 is 0 Å². The molecule has 2 saturated heterocycles. The fourth-order valence-electron chi connectivity index (χ4n) is 5.18. The zero-order valence-electron chi connectivity index (χ0n) is 13.6. The van der Waals surface area contributed by atoms with E-state index in [-0.39, 0.29) is 6.10 Å². The summed E-state index contributed by atoms with van der Waals surface area (Å²) in [7, 11) is 0. The van der Waals surface area contributed by atoms with Crippen molar-refractivity contribution >= 4 is 0 Å². The van der Waals surface area contributed by atoms with Crippen LogP contribution in [0.1, 0.15) is 72.1 Å². The summed E-state index contributed by atoms with van der Waals surface area (Å²) in [6.45, 7) is 8.55. The molecule has 3 unspecified atom stereocenters. The van der Waals surface area contributed by atoms with E-state index in [9.17, 15) is 5.11 Å². The Kier molecular flexibility index (Phi) is 4.16. The number of nitrogens with zero attached hydrogens (tertiary/aromatic N) is 1. The van der Waals surface area contributed by atoms with Crippen molar-refractivity contribution in [1.82, 2.24) is 4.90 Å². The first-order chi connectivity index (χ1) is 9.51. The van der Waals surface area contributed by atoms with Crippen molar-refractivity contribution in [1.29, 1.82) is 0 Å². The fraction of sp³-hybridized carbons (Fsp3) is 1.00. The summed E-state index contributed by atoms with van der Waals surface area (Å²) in [5, 5.41) is 10.2. The molecule has 3 atom stereocenters. The molecular weight excluding hydrogens is 246 g/mol. The van der Waals surface area contributed by atoms with E-state index >= 15 is 0 Å². The van der Waals surface area contributed by atoms with Crippen molar-refractivity contribution in [3.05, 3.63) is 0 Å². The van der Waals surface area contributed by atoms with Crippen molar-refractivity contribution < 1.29 is 5.11 Å². The maximum atomic E-state index is 10.2. The second-order valence-corrected chi connectivity index (χ2v) is 8.35. The van der Waals surface area contributed by atoms with Crippen LogP contribution in [-0.4, -0.2) is 34.7 Å². The molecule has 2 aliphatic carbocycles. The maximum absolute atomic E-state index is 10.2. The fourth-order valence-corrected chi connectivity index (χ4v) is 5.18. The lowest BCUT2D eigenvalue weighted by atomic mass is 9.65. The average molecular weight is 279 g/mol. The summed E-state index contributed by atoms with van der Waals surface area (Å²) in [6, 6.07) is 1.47. The third kappa shape index (κ3) is 2.66. The summed E-state index contributed by atoms with van der Waals surface area (Å²) >= 11 is 0. The Balaban J connectivity index is 1.79. The van der Waals surface area contributed by atoms with E-state index in [0.717, 1.165) is 30.7 Å². The lowest BCUT2D eigenvalue weighted by molar-refractivity contribution is -0.0717. The van der Waals surface area contributed by atoms with Crippen molar-refractivity contribution in [2.24, 2.45) is 17.3 Å². The predicted molar refractivity (Wildman–Crippen MR) is 83.7 cm³/mol. The SMILES string of the molecule is CCC(C)(C)C1CCC(O)CC1N1CC2CCC1CC2. The smallest absolute Gasteiger partial charge is 0.0555 e. The summed E-state index contributed by atoms with van der Waals surface area (Å²) in [5.74, 6) is 1.72. The minimum Gasteiger partial charge on any atom is -0.393 e. The number of rotatable bonds is 3. The Morgan fingerprint density at radius 3 is 2.30 bits per heavy atom. The molecule has 0 aromatic carbocycles. The third-order valence-corrected chi connectivity index (χ3v) is 6.88. The number of hydrogen-bond acceptors (Lipinski definition) is 2. The normalized spacial score (nSPS) is 42.9. The molecule has 2 nitrogen and oxygen atoms in total. The van der Waals surface area contributed by atoms with Gasteiger partial charge in [-0.1, -0.05) is 27.2 Å². The Morgan fingerprint density at radius 1 is 1.05 bits per heavy atom. The zero-order chi connectivity index (χ0) is 14.3. The second-order valence-electron chi connectivity index (χ2n) is 8.35. The molecule has 2 aliphatic heterocycles. The summed E-state index contributed by atoms with van der Waals surface area (Å²) in [5.41, 5.74) is 0.418. The van der Waals surface area contributed by atoms with Gasteiger partial charge >= 0.3 is 0 Å². The highest BCUT2D eigenvalue weighted by Crippen LogP contribution is 2.46. The molecule has 20 heavy (non-hydrogen) atoms. The number of piperidine rings is 2. The van der Waals surface area contributed by atoms with Gasteiger partial charge in [0.1, 0.15) is 0 Å². The van der Waals surface area contributed by atoms with E-state index in [1.165, 1.54) is 45.1 Å². The van der Waals surface area contributed by atoms with Gasteiger partial charge in [0.25, 0.3) is 0 Å². The molecule has 2 heterocycles. The lowest BCUT2D eigenvalue weighted by Crippen LogP contribution is -2.58. The van der Waals surface area contributed by atoms with E-state index in [1.54, 1.807) is 0 Å². The molecule has 116 valence electrons. The molecule has 2 saturated carbocycles. The quantitative estimate of drug-likeness (QED) is 0.849. The molecule has 2 bridgehead atoms. The molecule has 0 aromatic rings. The average Bonchev–Trinajstić information content (AvgIpc) is 2.48. The topological polar surface area (TPSA) is 23.5 Å². The van der Waals surface area contributed by atoms with Crippen molar-refractivity contribution in [2.45, 2.75) is 90.3 Å². The molecule has 1 N–H and O–H groups in total. The van der Waals surface area contributed by atoms with Gasteiger partial charge in [-0.3, -0.25) is 4.90 Å². The monoisotopic (exact) mass is 279 g/mol. The second kappa shape index (κ2) is 5.61. The molecule has 0 spiro atoms. The van der Waals surface area contributed by atoms with E-state index in [1.807, 2.05) is 0 Å². The van der Waals surface area contributed by atoms with Crippen LogP contribution in [0.5, 0.6) is 0 Å². The first-order valence-corrected chi connectivity index (χ1v) is 8.95. The van der Waals surface area contributed by atoms with Crippen molar-refractivity contribution in [3.8, 4) is 0 Å². The predicted octanol–water partition coefficient (Wildman–Crippen LogP) is 3.83. The van der Waals surface area contributed by atoms with Crippen LogP contribution in [0.25, 0.3) is 0 Å². The summed E-state index contributed by atoms with van der Waals surface area (Å²) in [4.78, 5) is 2.84. The van der Waals surface area contributed by atoms with E-state index in [2.05, 4.69) is 25.7 Å². The van der Waals surface area contributed by atoms with Gasteiger partial charge in [-0.05, 0) is 62.2 Å². The highest BCUT2D eigenvalue weighted by atomic mass is 16.3. The molecule has 4 aliphatic rings. The van der Waals surface area contributed by atoms with Crippen LogP contribution in [0.3, 0.4) is 0 Å². The van der Waals surface area contributed by atoms with E-state index in [0.29, 0.717) is 11.5 Å². The maximum Gasteiger partial charge on any atom is 0.0555 e. The van der Waals surface area contributed by atoms with Crippen LogP contribution in [-0.2, 0) is 0 Å². The minimum absolute atomic E-state index is 0.0515. The number of fused-ring (bicyclic) bond motifs is 3. The van der Waals surface area contributed by atoms with Crippen molar-refractivity contribution in [2.75, 3.05) is 6.54 Å². The van der Waals surface area contributed by atoms with Crippen LogP contribution >= 0.6 is 0 Å². The van der Waals surface area contributed by atoms with Crippen LogP contribution in [0.4, 0.5) is 0 Å². The van der Waals surface area contributed by atoms with Crippen LogP contribution in [0, 0.1) is 17.3 Å². The number of aliphatic hydroxyl groups is 1. The molecular formula is C18H33NO. The Hall–Kier alpha value is -0.0800. The van der Waals surface area contributed by atoms with E-state index < -0.39 is 0 Å². The van der Waals surface area contributed by atoms with Gasteiger partial charge in [0.2, 0.25) is 0 Å². The highest BCUT2D eigenvalue weighted by Gasteiger charge is 2.45. The first kappa shape index (κ1) is 14.8. The molecule has 2 heteroatoms. The molecule has 4 fully saturated rings. The largest absolute Gasteiger partial charge is 0.393 e. The molecule has 0 amide bonds. The number of hydrogen-bond donors (Lipinski definition) is 1. The standard InChI is InChI=1S/C18H33NO/c1-4-18(2,3)16-10-9-15(20)11-17(16)19-12-13-5-7-14(19)8-6-13/h13-17,20H,4-12H2,1-3H3. The first-order valence-electron chi connectivity index (χ1n) is 8.95. The summed E-state index contributed by atoms with van der Waals surface area (Å²) < 4.78 is 0. The lowest BCUT2D eigenvalue weighted by Gasteiger charge is -2.55. The number of aliphatic hydroxyl groups excluding tert-OH is 1. The minimum atomic E-state index is -0.0515. The van der Waals surface area contributed by atoms with Crippen LogP contribution in [0.2, 0.25) is 0 Å². The Bertz CT molecular complexity index is 332. The summed E-state index contributed by atoms with van der Waals surface area (Å²) in [6.07, 6.45) is 10.2. The Labute approximate surface area is 124 Å². The van der Waals surface area contributed by atoms with Gasteiger partial charge in [-0.15, -0.1) is 0 Å². The van der Waals surface area contributed by atoms with Gasteiger partial charge < -0.3 is 5.11 Å². The molecule has 0 aromatic heterocycles. The zero-order valence-corrected chi connectivity index (χ0v) is 13.6. The van der Waals surface area contributed by atoms with E-state index in [4.69, 9.17) is 0 Å². The van der Waals surface area contributed by atoms with Crippen LogP contribution in [0.15, 0.2) is 0 Å². The molecule has 4 rings (SSSR count). The Morgan fingerprint density at radius 2 is 1.75 bits per heavy atom.